The molecule has 0 saturated carbocycles. The number of ether oxygens (including phenoxy) is 1. The minimum absolute atomic E-state index is 0.0542. The van der Waals surface area contributed by atoms with Crippen LogP contribution in [-0.2, 0) is 16.1 Å². The largest absolute Gasteiger partial charge is 0.372 e. The lowest BCUT2D eigenvalue weighted by atomic mass is 10.1. The molecule has 0 radical (unpaired) electrons. The third-order valence-electron chi connectivity index (χ3n) is 2.99. The van der Waals surface area contributed by atoms with E-state index in [1.807, 2.05) is 19.1 Å². The first-order valence-electron chi connectivity index (χ1n) is 6.60. The molecule has 110 valence electrons. The summed E-state index contributed by atoms with van der Waals surface area (Å²) >= 11 is 0. The van der Waals surface area contributed by atoms with Crippen LogP contribution in [0, 0.1) is 0 Å². The standard InChI is InChI=1S/C15H22N2O3/c1-5-13(20-4)14(18)16-10-11-7-6-8-12(9-11)15(19)17(2)3/h6-9,13H,5,10H2,1-4H3,(H,16,18). The Hall–Kier alpha value is -1.88. The van der Waals surface area contributed by atoms with Gasteiger partial charge in [-0.15, -0.1) is 0 Å². The summed E-state index contributed by atoms with van der Waals surface area (Å²) in [4.78, 5) is 25.2. The second kappa shape index (κ2) is 7.65. The zero-order valence-electron chi connectivity index (χ0n) is 12.5. The van der Waals surface area contributed by atoms with Gasteiger partial charge in [-0.1, -0.05) is 19.1 Å². The number of hydrogen-bond acceptors (Lipinski definition) is 3. The fraction of sp³-hybridized carbons (Fsp3) is 0.467. The smallest absolute Gasteiger partial charge is 0.253 e. The van der Waals surface area contributed by atoms with Crippen LogP contribution in [0.5, 0.6) is 0 Å². The van der Waals surface area contributed by atoms with Crippen LogP contribution in [0.25, 0.3) is 0 Å². The Kier molecular flexibility index (Phi) is 6.18. The molecule has 0 aliphatic rings. The summed E-state index contributed by atoms with van der Waals surface area (Å²) in [6.45, 7) is 2.28. The van der Waals surface area contributed by atoms with Gasteiger partial charge < -0.3 is 15.0 Å². The third kappa shape index (κ3) is 4.35. The Morgan fingerprint density at radius 1 is 1.35 bits per heavy atom. The number of rotatable bonds is 6. The van der Waals surface area contributed by atoms with Crippen LogP contribution < -0.4 is 5.32 Å². The van der Waals surface area contributed by atoms with Gasteiger partial charge in [0.15, 0.2) is 0 Å². The maximum absolute atomic E-state index is 11.9. The monoisotopic (exact) mass is 278 g/mol. The van der Waals surface area contributed by atoms with Gasteiger partial charge >= 0.3 is 0 Å². The van der Waals surface area contributed by atoms with Crippen LogP contribution in [0.4, 0.5) is 0 Å². The Labute approximate surface area is 119 Å². The van der Waals surface area contributed by atoms with Crippen molar-refractivity contribution in [3.63, 3.8) is 0 Å². The molecular weight excluding hydrogens is 256 g/mol. The number of nitrogens with one attached hydrogen (secondary N) is 1. The Morgan fingerprint density at radius 3 is 2.60 bits per heavy atom. The molecule has 0 aliphatic carbocycles. The molecule has 0 aromatic heterocycles. The number of methoxy groups -OCH3 is 1. The predicted octanol–water partition coefficient (Wildman–Crippen LogP) is 1.43. The maximum Gasteiger partial charge on any atom is 0.253 e. The summed E-state index contributed by atoms with van der Waals surface area (Å²) in [6.07, 6.45) is 0.197. The first-order chi connectivity index (χ1) is 9.49. The Morgan fingerprint density at radius 2 is 2.05 bits per heavy atom. The highest BCUT2D eigenvalue weighted by Gasteiger charge is 2.15. The van der Waals surface area contributed by atoms with E-state index in [-0.39, 0.29) is 11.8 Å². The lowest BCUT2D eigenvalue weighted by molar-refractivity contribution is -0.131. The predicted molar refractivity (Wildman–Crippen MR) is 77.4 cm³/mol. The molecule has 2 amide bonds. The quantitative estimate of drug-likeness (QED) is 0.856. The molecule has 20 heavy (non-hydrogen) atoms. The molecule has 0 bridgehead atoms. The van der Waals surface area contributed by atoms with E-state index in [9.17, 15) is 9.59 Å². The van der Waals surface area contributed by atoms with E-state index in [2.05, 4.69) is 5.32 Å². The van der Waals surface area contributed by atoms with Crippen LogP contribution in [-0.4, -0.2) is 44.0 Å². The van der Waals surface area contributed by atoms with E-state index in [1.165, 1.54) is 12.0 Å². The number of carbonyl (C=O) groups is 2. The van der Waals surface area contributed by atoms with Crippen molar-refractivity contribution >= 4 is 11.8 Å². The summed E-state index contributed by atoms with van der Waals surface area (Å²) < 4.78 is 5.07. The average molecular weight is 278 g/mol. The van der Waals surface area contributed by atoms with Gasteiger partial charge in [0.1, 0.15) is 6.10 Å². The minimum atomic E-state index is -0.429. The third-order valence-corrected chi connectivity index (χ3v) is 2.99. The number of nitrogens with zero attached hydrogens (tertiary/aromatic N) is 1. The summed E-state index contributed by atoms with van der Waals surface area (Å²) in [5, 5.41) is 2.81. The summed E-state index contributed by atoms with van der Waals surface area (Å²) in [7, 11) is 4.94. The van der Waals surface area contributed by atoms with Crippen LogP contribution in [0.1, 0.15) is 29.3 Å². The van der Waals surface area contributed by atoms with Crippen LogP contribution in [0.2, 0.25) is 0 Å². The molecule has 5 heteroatoms. The summed E-state index contributed by atoms with van der Waals surface area (Å²) in [5.41, 5.74) is 1.50. The fourth-order valence-electron chi connectivity index (χ4n) is 1.83. The molecule has 1 aromatic carbocycles. The molecule has 5 nitrogen and oxygen atoms in total. The van der Waals surface area contributed by atoms with Crippen molar-refractivity contribution in [3.8, 4) is 0 Å². The second-order valence-electron chi connectivity index (χ2n) is 4.75. The van der Waals surface area contributed by atoms with Gasteiger partial charge in [-0.2, -0.15) is 0 Å². The fourth-order valence-corrected chi connectivity index (χ4v) is 1.83. The summed E-state index contributed by atoms with van der Waals surface area (Å²) in [5.74, 6) is -0.194. The number of carbonyl (C=O) groups excluding carboxylic acids is 2. The van der Waals surface area contributed by atoms with Crippen molar-refractivity contribution < 1.29 is 14.3 Å². The van der Waals surface area contributed by atoms with Crippen molar-refractivity contribution in [1.29, 1.82) is 0 Å². The molecule has 1 rings (SSSR count). The molecule has 1 atom stereocenters. The van der Waals surface area contributed by atoms with E-state index in [1.54, 1.807) is 26.2 Å². The van der Waals surface area contributed by atoms with E-state index in [0.717, 1.165) is 5.56 Å². The number of amides is 2. The molecule has 0 heterocycles. The Balaban J connectivity index is 2.68. The zero-order chi connectivity index (χ0) is 15.1. The van der Waals surface area contributed by atoms with Gasteiger partial charge in [0.25, 0.3) is 5.91 Å². The molecular formula is C15H22N2O3. The highest BCUT2D eigenvalue weighted by molar-refractivity contribution is 5.94. The van der Waals surface area contributed by atoms with Crippen LogP contribution in [0.15, 0.2) is 24.3 Å². The van der Waals surface area contributed by atoms with Crippen molar-refractivity contribution in [2.75, 3.05) is 21.2 Å². The van der Waals surface area contributed by atoms with Crippen molar-refractivity contribution in [1.82, 2.24) is 10.2 Å². The second-order valence-corrected chi connectivity index (χ2v) is 4.75. The van der Waals surface area contributed by atoms with Crippen LogP contribution in [0.3, 0.4) is 0 Å². The molecule has 0 saturated heterocycles. The van der Waals surface area contributed by atoms with Gasteiger partial charge in [0, 0.05) is 33.3 Å². The lowest BCUT2D eigenvalue weighted by Crippen LogP contribution is -2.35. The molecule has 1 unspecified atom stereocenters. The van der Waals surface area contributed by atoms with E-state index < -0.39 is 6.10 Å². The highest BCUT2D eigenvalue weighted by atomic mass is 16.5. The normalized spacial score (nSPS) is 11.8. The summed E-state index contributed by atoms with van der Waals surface area (Å²) in [6, 6.07) is 7.24. The highest BCUT2D eigenvalue weighted by Crippen LogP contribution is 2.07. The lowest BCUT2D eigenvalue weighted by Gasteiger charge is -2.14. The minimum Gasteiger partial charge on any atom is -0.372 e. The number of hydrogen-bond donors (Lipinski definition) is 1. The van der Waals surface area contributed by atoms with Crippen LogP contribution >= 0.6 is 0 Å². The molecule has 1 aromatic rings. The number of benzene rings is 1. The molecule has 0 fully saturated rings. The van der Waals surface area contributed by atoms with E-state index in [4.69, 9.17) is 4.74 Å². The van der Waals surface area contributed by atoms with Gasteiger partial charge in [-0.25, -0.2) is 0 Å². The molecule has 0 spiro atoms. The maximum atomic E-state index is 11.9. The molecule has 1 N–H and O–H groups in total. The first kappa shape index (κ1) is 16.2. The van der Waals surface area contributed by atoms with Gasteiger partial charge in [0.05, 0.1) is 0 Å². The Bertz CT molecular complexity index is 468. The van der Waals surface area contributed by atoms with Crippen molar-refractivity contribution in [2.24, 2.45) is 0 Å². The van der Waals surface area contributed by atoms with E-state index in [0.29, 0.717) is 18.5 Å². The SMILES string of the molecule is CCC(OC)C(=O)NCc1cccc(C(=O)N(C)C)c1. The topological polar surface area (TPSA) is 58.6 Å². The molecule has 0 aliphatic heterocycles. The van der Waals surface area contributed by atoms with Gasteiger partial charge in [-0.05, 0) is 24.1 Å². The van der Waals surface area contributed by atoms with E-state index >= 15 is 0 Å². The van der Waals surface area contributed by atoms with Gasteiger partial charge in [-0.3, -0.25) is 9.59 Å². The van der Waals surface area contributed by atoms with Gasteiger partial charge in [0.2, 0.25) is 5.91 Å². The van der Waals surface area contributed by atoms with Crippen molar-refractivity contribution in [3.05, 3.63) is 35.4 Å². The van der Waals surface area contributed by atoms with Crippen molar-refractivity contribution in [2.45, 2.75) is 26.0 Å². The first-order valence-corrected chi connectivity index (χ1v) is 6.60. The zero-order valence-corrected chi connectivity index (χ0v) is 12.5. The average Bonchev–Trinajstić information content (AvgIpc) is 2.45.